The Kier molecular flexibility index (Phi) is 20.6. The SMILES string of the molecule is CCOC(C)=O.O=C([O-])O.[K+]. The van der Waals surface area contributed by atoms with Crippen LogP contribution >= 0.6 is 0 Å². The molecule has 0 amide bonds. The van der Waals surface area contributed by atoms with Gasteiger partial charge in [-0.1, -0.05) is 0 Å². The molecule has 0 rings (SSSR count). The molecule has 0 aliphatic rings. The van der Waals surface area contributed by atoms with Gasteiger partial charge in [-0.15, -0.1) is 0 Å². The quantitative estimate of drug-likeness (QED) is 0.340. The van der Waals surface area contributed by atoms with Crippen LogP contribution in [0.25, 0.3) is 0 Å². The molecule has 0 heterocycles. The summed E-state index contributed by atoms with van der Waals surface area (Å²) in [5.74, 6) is -0.211. The summed E-state index contributed by atoms with van der Waals surface area (Å²) >= 11 is 0. The minimum absolute atomic E-state index is 0. The van der Waals surface area contributed by atoms with E-state index < -0.39 is 6.16 Å². The molecule has 0 aliphatic heterocycles. The van der Waals surface area contributed by atoms with Gasteiger partial charge in [-0.3, -0.25) is 4.79 Å². The van der Waals surface area contributed by atoms with Crippen molar-refractivity contribution in [3.05, 3.63) is 0 Å². The van der Waals surface area contributed by atoms with Crippen LogP contribution in [0.1, 0.15) is 13.8 Å². The van der Waals surface area contributed by atoms with Crippen LogP contribution in [0.5, 0.6) is 0 Å². The van der Waals surface area contributed by atoms with Gasteiger partial charge in [-0.05, 0) is 6.92 Å². The van der Waals surface area contributed by atoms with Crippen molar-refractivity contribution in [1.82, 2.24) is 0 Å². The van der Waals surface area contributed by atoms with Gasteiger partial charge in [-0.25, -0.2) is 0 Å². The molecule has 0 aliphatic carbocycles. The summed E-state index contributed by atoms with van der Waals surface area (Å²) in [5, 5.41) is 15.3. The maximum Gasteiger partial charge on any atom is 1.00 e. The number of carbonyl (C=O) groups excluding carboxylic acids is 1. The topological polar surface area (TPSA) is 86.7 Å². The van der Waals surface area contributed by atoms with Crippen LogP contribution in [-0.4, -0.2) is 23.8 Å². The van der Waals surface area contributed by atoms with Crippen molar-refractivity contribution in [3.8, 4) is 0 Å². The van der Waals surface area contributed by atoms with Crippen molar-refractivity contribution in [2.75, 3.05) is 6.61 Å². The molecule has 6 heteroatoms. The summed E-state index contributed by atoms with van der Waals surface area (Å²) in [5.41, 5.74) is 0. The van der Waals surface area contributed by atoms with Gasteiger partial charge in [0.25, 0.3) is 0 Å². The standard InChI is InChI=1S/C4H8O2.CH2O3.K/c1-3-6-4(2)5;2-1(3)4;/h3H2,1-2H3;(H2,2,3,4);/q;;+1/p-1. The average Bonchev–Trinajstić information content (AvgIpc) is 1.62. The predicted octanol–water partition coefficient (Wildman–Crippen LogP) is -3.54. The largest absolute Gasteiger partial charge is 1.00 e. The van der Waals surface area contributed by atoms with Gasteiger partial charge in [0.15, 0.2) is 0 Å². The van der Waals surface area contributed by atoms with E-state index in [-0.39, 0.29) is 57.4 Å². The number of hydrogen-bond acceptors (Lipinski definition) is 4. The number of carbonyl (C=O) groups is 2. The second-order valence-electron chi connectivity index (χ2n) is 1.19. The summed E-state index contributed by atoms with van der Waals surface area (Å²) in [4.78, 5) is 18.3. The minimum Gasteiger partial charge on any atom is -0.565 e. The van der Waals surface area contributed by atoms with Gasteiger partial charge >= 0.3 is 57.4 Å². The zero-order valence-corrected chi connectivity index (χ0v) is 9.91. The number of ether oxygens (including phenoxy) is 1. The monoisotopic (exact) mass is 188 g/mol. The van der Waals surface area contributed by atoms with Crippen molar-refractivity contribution in [1.29, 1.82) is 0 Å². The third-order valence-electron chi connectivity index (χ3n) is 0.348. The molecule has 0 radical (unpaired) electrons. The van der Waals surface area contributed by atoms with E-state index >= 15 is 0 Å². The summed E-state index contributed by atoms with van der Waals surface area (Å²) in [6, 6.07) is 0. The summed E-state index contributed by atoms with van der Waals surface area (Å²) in [6.45, 7) is 3.65. The van der Waals surface area contributed by atoms with Crippen LogP contribution in [0.2, 0.25) is 0 Å². The number of esters is 1. The first-order chi connectivity index (χ1) is 4.50. The van der Waals surface area contributed by atoms with Crippen molar-refractivity contribution in [3.63, 3.8) is 0 Å². The molecule has 5 nitrogen and oxygen atoms in total. The molecule has 0 spiro atoms. The Bertz CT molecular complexity index is 109. The minimum atomic E-state index is -2.08. The molecule has 0 saturated heterocycles. The van der Waals surface area contributed by atoms with Gasteiger partial charge in [-0.2, -0.15) is 0 Å². The molecule has 1 N–H and O–H groups in total. The molecule has 0 aromatic rings. The normalized spacial score (nSPS) is 6.36. The van der Waals surface area contributed by atoms with Crippen LogP contribution < -0.4 is 56.5 Å². The number of hydrogen-bond donors (Lipinski definition) is 1. The molecule has 0 saturated carbocycles. The van der Waals surface area contributed by atoms with Gasteiger partial charge < -0.3 is 19.7 Å². The number of carboxylic acid groups (broad SMARTS) is 2. The third kappa shape index (κ3) is 63.9. The molecular formula is C5H9KO5. The molecule has 0 unspecified atom stereocenters. The Morgan fingerprint density at radius 2 is 1.82 bits per heavy atom. The van der Waals surface area contributed by atoms with Gasteiger partial charge in [0, 0.05) is 6.92 Å². The Balaban J connectivity index is -0.000000114. The Morgan fingerprint density at radius 3 is 1.82 bits per heavy atom. The smallest absolute Gasteiger partial charge is 0.565 e. The first-order valence-corrected chi connectivity index (χ1v) is 2.54. The Labute approximate surface area is 107 Å². The van der Waals surface area contributed by atoms with Crippen LogP contribution in [0.15, 0.2) is 0 Å². The van der Waals surface area contributed by atoms with Crippen LogP contribution in [0.4, 0.5) is 4.79 Å². The van der Waals surface area contributed by atoms with Crippen LogP contribution in [-0.2, 0) is 9.53 Å². The van der Waals surface area contributed by atoms with E-state index in [1.807, 2.05) is 0 Å². The Hall–Kier alpha value is 0.376. The average molecular weight is 188 g/mol. The van der Waals surface area contributed by atoms with Gasteiger partial charge in [0.1, 0.15) is 0 Å². The summed E-state index contributed by atoms with van der Waals surface area (Å²) < 4.78 is 4.40. The molecule has 60 valence electrons. The first-order valence-electron chi connectivity index (χ1n) is 2.54. The van der Waals surface area contributed by atoms with Gasteiger partial charge in [0.2, 0.25) is 6.16 Å². The molecule has 0 bridgehead atoms. The fraction of sp³-hybridized carbons (Fsp3) is 0.600. The van der Waals surface area contributed by atoms with E-state index in [0.29, 0.717) is 6.61 Å². The van der Waals surface area contributed by atoms with Gasteiger partial charge in [0.05, 0.1) is 6.61 Å². The zero-order chi connectivity index (χ0) is 8.57. The number of rotatable bonds is 1. The van der Waals surface area contributed by atoms with E-state index in [9.17, 15) is 4.79 Å². The maximum atomic E-state index is 9.82. The molecule has 0 fully saturated rings. The fourth-order valence-corrected chi connectivity index (χ4v) is 0.203. The fourth-order valence-electron chi connectivity index (χ4n) is 0.203. The maximum absolute atomic E-state index is 9.82. The predicted molar refractivity (Wildman–Crippen MR) is 30.3 cm³/mol. The second kappa shape index (κ2) is 13.0. The molecule has 0 aromatic heterocycles. The second-order valence-corrected chi connectivity index (χ2v) is 1.19. The van der Waals surface area contributed by atoms with Crippen molar-refractivity contribution in [2.24, 2.45) is 0 Å². The van der Waals surface area contributed by atoms with E-state index in [1.54, 1.807) is 6.92 Å². The van der Waals surface area contributed by atoms with E-state index in [2.05, 4.69) is 4.74 Å². The van der Waals surface area contributed by atoms with Crippen LogP contribution in [0.3, 0.4) is 0 Å². The van der Waals surface area contributed by atoms with Crippen LogP contribution in [0, 0.1) is 0 Å². The third-order valence-corrected chi connectivity index (χ3v) is 0.348. The zero-order valence-electron chi connectivity index (χ0n) is 6.79. The molecule has 11 heavy (non-hydrogen) atoms. The van der Waals surface area contributed by atoms with E-state index in [4.69, 9.17) is 15.0 Å². The molecule has 0 atom stereocenters. The molecular weight excluding hydrogens is 179 g/mol. The van der Waals surface area contributed by atoms with E-state index in [1.165, 1.54) is 6.92 Å². The van der Waals surface area contributed by atoms with Crippen molar-refractivity contribution >= 4 is 12.1 Å². The van der Waals surface area contributed by atoms with Crippen molar-refractivity contribution < 1.29 is 75.9 Å². The molecule has 0 aromatic carbocycles. The first kappa shape index (κ1) is 17.5. The Morgan fingerprint density at radius 1 is 1.55 bits per heavy atom. The van der Waals surface area contributed by atoms with Crippen molar-refractivity contribution in [2.45, 2.75) is 13.8 Å². The summed E-state index contributed by atoms with van der Waals surface area (Å²) in [7, 11) is 0. The summed E-state index contributed by atoms with van der Waals surface area (Å²) in [6.07, 6.45) is -2.08. The van der Waals surface area contributed by atoms with E-state index in [0.717, 1.165) is 0 Å².